The van der Waals surface area contributed by atoms with E-state index in [0.717, 1.165) is 18.8 Å². The molecule has 0 spiro atoms. The second-order valence-electron chi connectivity index (χ2n) is 4.68. The van der Waals surface area contributed by atoms with E-state index in [2.05, 4.69) is 5.10 Å². The first-order valence-corrected chi connectivity index (χ1v) is 5.26. The van der Waals surface area contributed by atoms with E-state index in [4.69, 9.17) is 11.5 Å². The molecule has 0 radical (unpaired) electrons. The van der Waals surface area contributed by atoms with Crippen LogP contribution in [0.25, 0.3) is 0 Å². The highest BCUT2D eigenvalue weighted by atomic mass is 16.1. The molecule has 1 atom stereocenters. The lowest BCUT2D eigenvalue weighted by Crippen LogP contribution is -2.37. The van der Waals surface area contributed by atoms with E-state index in [-0.39, 0.29) is 5.91 Å². The van der Waals surface area contributed by atoms with Crippen LogP contribution in [0.4, 0.5) is 11.5 Å². The highest BCUT2D eigenvalue weighted by molar-refractivity contribution is 5.82. The largest absolute Gasteiger partial charge is 0.394 e. The Kier molecular flexibility index (Phi) is 2.29. The number of carbonyl (C=O) groups excluding carboxylic acids is 1. The highest BCUT2D eigenvalue weighted by Crippen LogP contribution is 2.34. The van der Waals surface area contributed by atoms with Crippen LogP contribution in [0.3, 0.4) is 0 Å². The summed E-state index contributed by atoms with van der Waals surface area (Å²) in [4.78, 5) is 13.3. The number of nitrogen functional groups attached to an aromatic ring is 1. The maximum absolute atomic E-state index is 11.3. The van der Waals surface area contributed by atoms with Crippen LogP contribution in [0.2, 0.25) is 0 Å². The van der Waals surface area contributed by atoms with E-state index in [9.17, 15) is 4.79 Å². The molecule has 2 rings (SSSR count). The molecule has 1 aliphatic rings. The first-order chi connectivity index (χ1) is 7.42. The van der Waals surface area contributed by atoms with Crippen molar-refractivity contribution in [3.8, 4) is 0 Å². The van der Waals surface area contributed by atoms with E-state index in [1.54, 1.807) is 10.9 Å². The Morgan fingerprint density at radius 3 is 2.75 bits per heavy atom. The zero-order valence-electron chi connectivity index (χ0n) is 9.60. The van der Waals surface area contributed by atoms with E-state index in [0.29, 0.717) is 12.2 Å². The molecule has 2 heterocycles. The smallest absolute Gasteiger partial charge is 0.225 e. The molecule has 1 aromatic heterocycles. The van der Waals surface area contributed by atoms with Crippen LogP contribution in [0.15, 0.2) is 6.20 Å². The van der Waals surface area contributed by atoms with Crippen LogP contribution in [0, 0.1) is 5.41 Å². The molecule has 6 nitrogen and oxygen atoms in total. The lowest BCUT2D eigenvalue weighted by atomic mass is 9.89. The fraction of sp³-hybridized carbons (Fsp3) is 0.600. The van der Waals surface area contributed by atoms with Gasteiger partial charge < -0.3 is 16.4 Å². The third kappa shape index (κ3) is 1.60. The molecule has 6 heteroatoms. The van der Waals surface area contributed by atoms with Gasteiger partial charge in [-0.3, -0.25) is 9.48 Å². The zero-order valence-corrected chi connectivity index (χ0v) is 9.60. The summed E-state index contributed by atoms with van der Waals surface area (Å²) >= 11 is 0. The number of nitrogens with two attached hydrogens (primary N) is 2. The van der Waals surface area contributed by atoms with Crippen LogP contribution in [-0.4, -0.2) is 28.8 Å². The van der Waals surface area contributed by atoms with Gasteiger partial charge in [0, 0.05) is 26.3 Å². The van der Waals surface area contributed by atoms with Crippen LogP contribution >= 0.6 is 0 Å². The summed E-state index contributed by atoms with van der Waals surface area (Å²) in [6.45, 7) is 3.23. The van der Waals surface area contributed by atoms with Gasteiger partial charge in [0.15, 0.2) is 5.82 Å². The molecule has 0 bridgehead atoms. The minimum Gasteiger partial charge on any atom is -0.394 e. The molecule has 1 aliphatic heterocycles. The van der Waals surface area contributed by atoms with E-state index < -0.39 is 5.41 Å². The van der Waals surface area contributed by atoms with Gasteiger partial charge >= 0.3 is 0 Å². The second-order valence-corrected chi connectivity index (χ2v) is 4.68. The molecular formula is C10H17N5O. The SMILES string of the molecule is Cn1cc(N)c(N2CCC(C)(C(N)=O)C2)n1. The molecule has 4 N–H and O–H groups in total. The Bertz CT molecular complexity index is 427. The molecule has 16 heavy (non-hydrogen) atoms. The van der Waals surface area contributed by atoms with Crippen LogP contribution in [0.1, 0.15) is 13.3 Å². The number of anilines is 2. The van der Waals surface area contributed by atoms with Gasteiger partial charge in [0.05, 0.1) is 11.1 Å². The van der Waals surface area contributed by atoms with Crippen LogP contribution in [0.5, 0.6) is 0 Å². The third-order valence-corrected chi connectivity index (χ3v) is 3.20. The van der Waals surface area contributed by atoms with Crippen LogP contribution in [-0.2, 0) is 11.8 Å². The molecular weight excluding hydrogens is 206 g/mol. The fourth-order valence-electron chi connectivity index (χ4n) is 2.08. The Morgan fingerprint density at radius 2 is 2.31 bits per heavy atom. The molecule has 1 saturated heterocycles. The van der Waals surface area contributed by atoms with Crippen LogP contribution < -0.4 is 16.4 Å². The predicted molar refractivity (Wildman–Crippen MR) is 61.8 cm³/mol. The maximum atomic E-state index is 11.3. The van der Waals surface area contributed by atoms with Crippen molar-refractivity contribution in [3.63, 3.8) is 0 Å². The third-order valence-electron chi connectivity index (χ3n) is 3.20. The lowest BCUT2D eigenvalue weighted by molar-refractivity contribution is -0.125. The first-order valence-electron chi connectivity index (χ1n) is 5.26. The number of hydrogen-bond donors (Lipinski definition) is 2. The Hall–Kier alpha value is -1.72. The topological polar surface area (TPSA) is 90.2 Å². The van der Waals surface area contributed by atoms with Crippen molar-refractivity contribution < 1.29 is 4.79 Å². The van der Waals surface area contributed by atoms with E-state index in [1.165, 1.54) is 0 Å². The van der Waals surface area contributed by atoms with Gasteiger partial charge in [-0.25, -0.2) is 0 Å². The van der Waals surface area contributed by atoms with Gasteiger partial charge in [0.2, 0.25) is 5.91 Å². The van der Waals surface area contributed by atoms with Crippen molar-refractivity contribution in [2.24, 2.45) is 18.2 Å². The number of carbonyl (C=O) groups is 1. The van der Waals surface area contributed by atoms with E-state index in [1.807, 2.05) is 18.9 Å². The molecule has 1 aromatic rings. The lowest BCUT2D eigenvalue weighted by Gasteiger charge is -2.21. The number of aryl methyl sites for hydroxylation is 1. The quantitative estimate of drug-likeness (QED) is 0.720. The molecule has 0 aromatic carbocycles. The second kappa shape index (κ2) is 3.40. The number of nitrogens with zero attached hydrogens (tertiary/aromatic N) is 3. The Labute approximate surface area is 94.2 Å². The molecule has 88 valence electrons. The zero-order chi connectivity index (χ0) is 11.9. The fourth-order valence-corrected chi connectivity index (χ4v) is 2.08. The normalized spacial score (nSPS) is 25.0. The molecule has 0 saturated carbocycles. The summed E-state index contributed by atoms with van der Waals surface area (Å²) in [6, 6.07) is 0. The summed E-state index contributed by atoms with van der Waals surface area (Å²) in [7, 11) is 1.82. The maximum Gasteiger partial charge on any atom is 0.225 e. The molecule has 1 unspecified atom stereocenters. The molecule has 1 fully saturated rings. The van der Waals surface area contributed by atoms with Gasteiger partial charge in [0.1, 0.15) is 0 Å². The highest BCUT2D eigenvalue weighted by Gasteiger charge is 2.40. The van der Waals surface area contributed by atoms with Gasteiger partial charge in [-0.05, 0) is 13.3 Å². The van der Waals surface area contributed by atoms with Gasteiger partial charge in [-0.2, -0.15) is 5.10 Å². The monoisotopic (exact) mass is 223 g/mol. The minimum atomic E-state index is -0.468. The van der Waals surface area contributed by atoms with E-state index >= 15 is 0 Å². The number of amides is 1. The van der Waals surface area contributed by atoms with Gasteiger partial charge in [-0.1, -0.05) is 0 Å². The van der Waals surface area contributed by atoms with Gasteiger partial charge in [-0.15, -0.1) is 0 Å². The minimum absolute atomic E-state index is 0.260. The van der Waals surface area contributed by atoms with Crippen molar-refractivity contribution in [2.45, 2.75) is 13.3 Å². The standard InChI is InChI=1S/C10H17N5O/c1-10(9(12)16)3-4-15(6-10)8-7(11)5-14(2)13-8/h5H,3-4,6,11H2,1-2H3,(H2,12,16). The van der Waals surface area contributed by atoms with Crippen molar-refractivity contribution in [1.29, 1.82) is 0 Å². The van der Waals surface area contributed by atoms with Crippen molar-refractivity contribution in [3.05, 3.63) is 6.20 Å². The average molecular weight is 223 g/mol. The predicted octanol–water partition coefficient (Wildman–Crippen LogP) is -0.296. The summed E-state index contributed by atoms with van der Waals surface area (Å²) in [5.41, 5.74) is 11.4. The first kappa shape index (κ1) is 10.8. The van der Waals surface area contributed by atoms with Crippen molar-refractivity contribution in [1.82, 2.24) is 9.78 Å². The number of rotatable bonds is 2. The number of primary amides is 1. The van der Waals surface area contributed by atoms with Crippen molar-refractivity contribution in [2.75, 3.05) is 23.7 Å². The Balaban J connectivity index is 2.21. The molecule has 0 aliphatic carbocycles. The van der Waals surface area contributed by atoms with Gasteiger partial charge in [0.25, 0.3) is 0 Å². The number of aromatic nitrogens is 2. The summed E-state index contributed by atoms with van der Waals surface area (Å²) in [6.07, 6.45) is 2.51. The summed E-state index contributed by atoms with van der Waals surface area (Å²) in [5.74, 6) is 0.483. The number of hydrogen-bond acceptors (Lipinski definition) is 4. The Morgan fingerprint density at radius 1 is 1.62 bits per heavy atom. The summed E-state index contributed by atoms with van der Waals surface area (Å²) in [5, 5.41) is 4.28. The molecule has 1 amide bonds. The summed E-state index contributed by atoms with van der Waals surface area (Å²) < 4.78 is 1.67. The average Bonchev–Trinajstić information content (AvgIpc) is 2.71. The van der Waals surface area contributed by atoms with Crippen molar-refractivity contribution >= 4 is 17.4 Å².